The van der Waals surface area contributed by atoms with Crippen LogP contribution in [0.4, 0.5) is 0 Å². The fourth-order valence-corrected chi connectivity index (χ4v) is 1.96. The molecular formula is C12H15N3O. The molecule has 0 amide bonds. The molecule has 0 unspecified atom stereocenters. The van der Waals surface area contributed by atoms with Gasteiger partial charge in [-0.2, -0.15) is 5.26 Å². The van der Waals surface area contributed by atoms with Gasteiger partial charge in [0, 0.05) is 12.3 Å². The standard InChI is InChI=1S/C12H15N3O/c1-14-8-9-4-12(5-9)16-11-2-3-15-10(6-11)7-13/h2-3,6,9,12,14H,4-5,8H2,1H3. The summed E-state index contributed by atoms with van der Waals surface area (Å²) >= 11 is 0. The molecule has 0 radical (unpaired) electrons. The van der Waals surface area contributed by atoms with Crippen LogP contribution in [0.3, 0.4) is 0 Å². The summed E-state index contributed by atoms with van der Waals surface area (Å²) in [6.45, 7) is 1.06. The van der Waals surface area contributed by atoms with Gasteiger partial charge in [-0.3, -0.25) is 0 Å². The van der Waals surface area contributed by atoms with E-state index in [9.17, 15) is 0 Å². The number of rotatable bonds is 4. The van der Waals surface area contributed by atoms with Crippen LogP contribution in [0.2, 0.25) is 0 Å². The van der Waals surface area contributed by atoms with Crippen molar-refractivity contribution in [3.63, 3.8) is 0 Å². The zero-order valence-electron chi connectivity index (χ0n) is 9.31. The van der Waals surface area contributed by atoms with E-state index in [1.54, 1.807) is 18.3 Å². The highest BCUT2D eigenvalue weighted by Crippen LogP contribution is 2.30. The molecule has 2 rings (SSSR count). The van der Waals surface area contributed by atoms with Gasteiger partial charge in [-0.1, -0.05) is 0 Å². The van der Waals surface area contributed by atoms with Gasteiger partial charge >= 0.3 is 0 Å². The lowest BCUT2D eigenvalue weighted by atomic mass is 9.82. The van der Waals surface area contributed by atoms with Crippen LogP contribution < -0.4 is 10.1 Å². The molecule has 4 heteroatoms. The smallest absolute Gasteiger partial charge is 0.144 e. The number of aromatic nitrogens is 1. The number of nitrogens with one attached hydrogen (secondary N) is 1. The first-order valence-electron chi connectivity index (χ1n) is 5.49. The molecule has 1 aliphatic carbocycles. The Balaban J connectivity index is 1.85. The fraction of sp³-hybridized carbons (Fsp3) is 0.500. The minimum absolute atomic E-state index is 0.298. The Kier molecular flexibility index (Phi) is 3.37. The minimum atomic E-state index is 0.298. The van der Waals surface area contributed by atoms with Gasteiger partial charge < -0.3 is 10.1 Å². The number of hydrogen-bond donors (Lipinski definition) is 1. The van der Waals surface area contributed by atoms with Gasteiger partial charge in [-0.15, -0.1) is 0 Å². The van der Waals surface area contributed by atoms with E-state index in [0.717, 1.165) is 31.1 Å². The third-order valence-electron chi connectivity index (χ3n) is 2.83. The summed E-state index contributed by atoms with van der Waals surface area (Å²) in [6.07, 6.45) is 4.08. The molecule has 4 nitrogen and oxygen atoms in total. The van der Waals surface area contributed by atoms with Crippen LogP contribution in [0.1, 0.15) is 18.5 Å². The Morgan fingerprint density at radius 2 is 2.44 bits per heavy atom. The summed E-state index contributed by atoms with van der Waals surface area (Å²) in [7, 11) is 1.97. The molecule has 1 aliphatic rings. The fourth-order valence-electron chi connectivity index (χ4n) is 1.96. The van der Waals surface area contributed by atoms with Gasteiger partial charge in [-0.25, -0.2) is 4.98 Å². The van der Waals surface area contributed by atoms with Gasteiger partial charge in [0.05, 0.1) is 6.10 Å². The van der Waals surface area contributed by atoms with Crippen LogP contribution in [0, 0.1) is 17.2 Å². The highest BCUT2D eigenvalue weighted by atomic mass is 16.5. The Hall–Kier alpha value is -1.60. The lowest BCUT2D eigenvalue weighted by Gasteiger charge is -2.35. The van der Waals surface area contributed by atoms with Gasteiger partial charge in [-0.05, 0) is 38.4 Å². The second kappa shape index (κ2) is 4.95. The minimum Gasteiger partial charge on any atom is -0.490 e. The maximum absolute atomic E-state index is 8.70. The maximum atomic E-state index is 8.70. The predicted molar refractivity (Wildman–Crippen MR) is 60.0 cm³/mol. The molecule has 0 aliphatic heterocycles. The SMILES string of the molecule is CNCC1CC(Oc2ccnc(C#N)c2)C1. The molecule has 1 heterocycles. The molecule has 0 saturated heterocycles. The van der Waals surface area contributed by atoms with Crippen molar-refractivity contribution in [1.29, 1.82) is 5.26 Å². The van der Waals surface area contributed by atoms with Gasteiger partial charge in [0.25, 0.3) is 0 Å². The van der Waals surface area contributed by atoms with E-state index in [2.05, 4.69) is 10.3 Å². The Bertz CT molecular complexity index is 393. The quantitative estimate of drug-likeness (QED) is 0.826. The van der Waals surface area contributed by atoms with Crippen LogP contribution in [0.25, 0.3) is 0 Å². The number of ether oxygens (including phenoxy) is 1. The van der Waals surface area contributed by atoms with Crippen LogP contribution in [-0.4, -0.2) is 24.7 Å². The topological polar surface area (TPSA) is 57.9 Å². The Morgan fingerprint density at radius 3 is 3.12 bits per heavy atom. The van der Waals surface area contributed by atoms with E-state index in [4.69, 9.17) is 10.00 Å². The lowest BCUT2D eigenvalue weighted by molar-refractivity contribution is 0.0656. The number of pyridine rings is 1. The first-order chi connectivity index (χ1) is 7.81. The molecule has 1 aromatic heterocycles. The largest absolute Gasteiger partial charge is 0.490 e. The molecule has 0 aromatic carbocycles. The normalized spacial score (nSPS) is 23.2. The van der Waals surface area contributed by atoms with E-state index >= 15 is 0 Å². The predicted octanol–water partition coefficient (Wildman–Crippen LogP) is 1.33. The highest BCUT2D eigenvalue weighted by Gasteiger charge is 2.30. The molecule has 1 saturated carbocycles. The van der Waals surface area contributed by atoms with Crippen molar-refractivity contribution in [3.05, 3.63) is 24.0 Å². The molecule has 84 valence electrons. The summed E-state index contributed by atoms with van der Waals surface area (Å²) in [5.41, 5.74) is 0.406. The van der Waals surface area contributed by atoms with Gasteiger partial charge in [0.1, 0.15) is 17.5 Å². The van der Waals surface area contributed by atoms with Crippen molar-refractivity contribution in [2.24, 2.45) is 5.92 Å². The molecule has 0 atom stereocenters. The summed E-state index contributed by atoms with van der Waals surface area (Å²) < 4.78 is 5.75. The van der Waals surface area contributed by atoms with E-state index in [0.29, 0.717) is 11.8 Å². The molecule has 1 fully saturated rings. The monoisotopic (exact) mass is 217 g/mol. The van der Waals surface area contributed by atoms with E-state index < -0.39 is 0 Å². The zero-order valence-corrected chi connectivity index (χ0v) is 9.31. The van der Waals surface area contributed by atoms with Crippen LogP contribution in [0.5, 0.6) is 5.75 Å². The number of nitrogens with zero attached hydrogens (tertiary/aromatic N) is 2. The molecule has 1 aromatic rings. The summed E-state index contributed by atoms with van der Waals surface area (Å²) in [5.74, 6) is 1.48. The summed E-state index contributed by atoms with van der Waals surface area (Å²) in [4.78, 5) is 3.90. The average molecular weight is 217 g/mol. The van der Waals surface area contributed by atoms with Crippen molar-refractivity contribution in [1.82, 2.24) is 10.3 Å². The molecule has 0 spiro atoms. The lowest BCUT2D eigenvalue weighted by Crippen LogP contribution is -2.38. The van der Waals surface area contributed by atoms with Crippen molar-refractivity contribution in [3.8, 4) is 11.8 Å². The molecular weight excluding hydrogens is 202 g/mol. The average Bonchev–Trinajstić information content (AvgIpc) is 2.27. The summed E-state index contributed by atoms with van der Waals surface area (Å²) in [5, 5.41) is 11.9. The van der Waals surface area contributed by atoms with Crippen molar-refractivity contribution < 1.29 is 4.74 Å². The Labute approximate surface area is 95.3 Å². The van der Waals surface area contributed by atoms with Crippen LogP contribution in [0.15, 0.2) is 18.3 Å². The number of hydrogen-bond acceptors (Lipinski definition) is 4. The highest BCUT2D eigenvalue weighted by molar-refractivity contribution is 5.30. The van der Waals surface area contributed by atoms with Crippen molar-refractivity contribution >= 4 is 0 Å². The molecule has 1 N–H and O–H groups in total. The number of nitriles is 1. The third kappa shape index (κ3) is 2.50. The second-order valence-electron chi connectivity index (χ2n) is 4.12. The van der Waals surface area contributed by atoms with Gasteiger partial charge in [0.2, 0.25) is 0 Å². The van der Waals surface area contributed by atoms with Crippen molar-refractivity contribution in [2.45, 2.75) is 18.9 Å². The third-order valence-corrected chi connectivity index (χ3v) is 2.83. The molecule has 0 bridgehead atoms. The zero-order chi connectivity index (χ0) is 11.4. The maximum Gasteiger partial charge on any atom is 0.144 e. The first kappa shape index (κ1) is 10.9. The first-order valence-corrected chi connectivity index (χ1v) is 5.49. The summed E-state index contributed by atoms with van der Waals surface area (Å²) in [6, 6.07) is 5.49. The van der Waals surface area contributed by atoms with E-state index in [1.165, 1.54) is 0 Å². The van der Waals surface area contributed by atoms with Crippen LogP contribution >= 0.6 is 0 Å². The van der Waals surface area contributed by atoms with Crippen LogP contribution in [-0.2, 0) is 0 Å². The second-order valence-corrected chi connectivity index (χ2v) is 4.12. The van der Waals surface area contributed by atoms with E-state index in [-0.39, 0.29) is 0 Å². The van der Waals surface area contributed by atoms with E-state index in [1.807, 2.05) is 13.1 Å². The molecule has 16 heavy (non-hydrogen) atoms. The van der Waals surface area contributed by atoms with Gasteiger partial charge in [0.15, 0.2) is 0 Å². The Morgan fingerprint density at radius 1 is 1.62 bits per heavy atom. The van der Waals surface area contributed by atoms with Crippen molar-refractivity contribution in [2.75, 3.05) is 13.6 Å².